The molecule has 2 rings (SSSR count). The van der Waals surface area contributed by atoms with Crippen LogP contribution >= 0.6 is 0 Å². The minimum absolute atomic E-state index is 0.565. The molecule has 0 radical (unpaired) electrons. The van der Waals surface area contributed by atoms with Crippen molar-refractivity contribution in [1.29, 1.82) is 0 Å². The maximum Gasteiger partial charge on any atom is 0.129 e. The lowest BCUT2D eigenvalue weighted by Crippen LogP contribution is -2.42. The van der Waals surface area contributed by atoms with E-state index in [9.17, 15) is 0 Å². The normalized spacial score (nSPS) is 17.7. The first-order chi connectivity index (χ1) is 8.58. The van der Waals surface area contributed by atoms with Crippen LogP contribution in [0.4, 0.5) is 5.82 Å². The van der Waals surface area contributed by atoms with E-state index in [2.05, 4.69) is 35.5 Å². The van der Waals surface area contributed by atoms with Crippen LogP contribution in [-0.2, 0) is 0 Å². The SMILES string of the molecule is C=C(N)c1ccnc(N(C)C2CCN(C)CC2)c1. The number of hydrogen-bond donors (Lipinski definition) is 1. The fourth-order valence-corrected chi connectivity index (χ4v) is 2.38. The molecule has 2 N–H and O–H groups in total. The molecule has 0 amide bonds. The second-order valence-electron chi connectivity index (χ2n) is 5.07. The van der Waals surface area contributed by atoms with E-state index in [1.807, 2.05) is 12.1 Å². The van der Waals surface area contributed by atoms with Gasteiger partial charge in [-0.2, -0.15) is 0 Å². The van der Waals surface area contributed by atoms with Crippen molar-refractivity contribution >= 4 is 11.5 Å². The average molecular weight is 246 g/mol. The summed E-state index contributed by atoms with van der Waals surface area (Å²) in [5, 5.41) is 0. The molecule has 4 nitrogen and oxygen atoms in total. The summed E-state index contributed by atoms with van der Waals surface area (Å²) in [6, 6.07) is 4.48. The summed E-state index contributed by atoms with van der Waals surface area (Å²) >= 11 is 0. The largest absolute Gasteiger partial charge is 0.399 e. The highest BCUT2D eigenvalue weighted by atomic mass is 15.2. The monoisotopic (exact) mass is 246 g/mol. The zero-order valence-electron chi connectivity index (χ0n) is 11.3. The zero-order chi connectivity index (χ0) is 13.1. The summed E-state index contributed by atoms with van der Waals surface area (Å²) in [6.07, 6.45) is 4.17. The Kier molecular flexibility index (Phi) is 3.87. The number of aromatic nitrogens is 1. The zero-order valence-corrected chi connectivity index (χ0v) is 11.3. The number of hydrogen-bond acceptors (Lipinski definition) is 4. The quantitative estimate of drug-likeness (QED) is 0.879. The highest BCUT2D eigenvalue weighted by Crippen LogP contribution is 2.21. The van der Waals surface area contributed by atoms with E-state index in [0.717, 1.165) is 24.5 Å². The van der Waals surface area contributed by atoms with Gasteiger partial charge in [0.15, 0.2) is 0 Å². The van der Waals surface area contributed by atoms with Crippen LogP contribution in [0.15, 0.2) is 24.9 Å². The molecule has 1 aliphatic rings. The molecular weight excluding hydrogens is 224 g/mol. The second kappa shape index (κ2) is 5.40. The molecule has 2 heterocycles. The predicted molar refractivity (Wildman–Crippen MR) is 76.4 cm³/mol. The Morgan fingerprint density at radius 2 is 2.17 bits per heavy atom. The molecule has 0 saturated carbocycles. The van der Waals surface area contributed by atoms with Gasteiger partial charge in [-0.1, -0.05) is 6.58 Å². The van der Waals surface area contributed by atoms with Crippen LogP contribution in [0.25, 0.3) is 5.70 Å². The van der Waals surface area contributed by atoms with E-state index >= 15 is 0 Å². The molecule has 0 bridgehead atoms. The van der Waals surface area contributed by atoms with Gasteiger partial charge in [-0.05, 0) is 45.1 Å². The molecule has 1 aromatic rings. The maximum absolute atomic E-state index is 5.73. The summed E-state index contributed by atoms with van der Waals surface area (Å²) in [7, 11) is 4.29. The lowest BCUT2D eigenvalue weighted by molar-refractivity contribution is 0.252. The first-order valence-electron chi connectivity index (χ1n) is 6.40. The van der Waals surface area contributed by atoms with Crippen molar-refractivity contribution in [3.8, 4) is 0 Å². The Balaban J connectivity index is 2.10. The average Bonchev–Trinajstić information content (AvgIpc) is 2.39. The number of piperidine rings is 1. The number of anilines is 1. The number of nitrogens with two attached hydrogens (primary N) is 1. The first kappa shape index (κ1) is 12.9. The van der Waals surface area contributed by atoms with Gasteiger partial charge in [0.1, 0.15) is 5.82 Å². The highest BCUT2D eigenvalue weighted by molar-refractivity contribution is 5.63. The predicted octanol–water partition coefficient (Wildman–Crippen LogP) is 1.54. The van der Waals surface area contributed by atoms with Gasteiger partial charge in [-0.15, -0.1) is 0 Å². The Morgan fingerprint density at radius 1 is 1.50 bits per heavy atom. The summed E-state index contributed by atoms with van der Waals surface area (Å²) < 4.78 is 0. The molecule has 18 heavy (non-hydrogen) atoms. The number of pyridine rings is 1. The van der Waals surface area contributed by atoms with Crippen molar-refractivity contribution in [2.45, 2.75) is 18.9 Å². The molecule has 98 valence electrons. The van der Waals surface area contributed by atoms with E-state index in [-0.39, 0.29) is 0 Å². The van der Waals surface area contributed by atoms with Crippen LogP contribution < -0.4 is 10.6 Å². The molecule has 0 atom stereocenters. The van der Waals surface area contributed by atoms with Crippen LogP contribution in [0.2, 0.25) is 0 Å². The lowest BCUT2D eigenvalue weighted by atomic mass is 10.0. The maximum atomic E-state index is 5.73. The Labute approximate surface area is 109 Å². The fourth-order valence-electron chi connectivity index (χ4n) is 2.38. The first-order valence-corrected chi connectivity index (χ1v) is 6.40. The van der Waals surface area contributed by atoms with E-state index in [1.165, 1.54) is 12.8 Å². The van der Waals surface area contributed by atoms with Crippen molar-refractivity contribution in [1.82, 2.24) is 9.88 Å². The molecular formula is C14H22N4. The minimum Gasteiger partial charge on any atom is -0.399 e. The summed E-state index contributed by atoms with van der Waals surface area (Å²) in [5.74, 6) is 0.980. The van der Waals surface area contributed by atoms with Gasteiger partial charge in [-0.3, -0.25) is 0 Å². The highest BCUT2D eigenvalue weighted by Gasteiger charge is 2.21. The Hall–Kier alpha value is -1.55. The number of nitrogens with zero attached hydrogens (tertiary/aromatic N) is 3. The van der Waals surface area contributed by atoms with Crippen LogP contribution in [0.5, 0.6) is 0 Å². The minimum atomic E-state index is 0.565. The molecule has 0 unspecified atom stereocenters. The van der Waals surface area contributed by atoms with Gasteiger partial charge in [0.2, 0.25) is 0 Å². The van der Waals surface area contributed by atoms with Gasteiger partial charge in [0.05, 0.1) is 0 Å². The van der Waals surface area contributed by atoms with Crippen molar-refractivity contribution in [3.63, 3.8) is 0 Å². The van der Waals surface area contributed by atoms with Crippen molar-refractivity contribution in [3.05, 3.63) is 30.5 Å². The summed E-state index contributed by atoms with van der Waals surface area (Å²) in [5.41, 5.74) is 7.28. The van der Waals surface area contributed by atoms with Crippen molar-refractivity contribution in [2.24, 2.45) is 5.73 Å². The third kappa shape index (κ3) is 2.82. The van der Waals surface area contributed by atoms with Crippen LogP contribution in [0, 0.1) is 0 Å². The summed E-state index contributed by atoms with van der Waals surface area (Å²) in [6.45, 7) is 6.08. The molecule has 1 aliphatic heterocycles. The van der Waals surface area contributed by atoms with E-state index in [0.29, 0.717) is 11.7 Å². The smallest absolute Gasteiger partial charge is 0.129 e. The standard InChI is InChI=1S/C14H22N4/c1-11(15)12-4-7-16-14(10-12)18(3)13-5-8-17(2)9-6-13/h4,7,10,13H,1,5-6,8-9,15H2,2-3H3. The van der Waals surface area contributed by atoms with Gasteiger partial charge in [0, 0.05) is 30.5 Å². The second-order valence-corrected chi connectivity index (χ2v) is 5.07. The molecule has 0 spiro atoms. The van der Waals surface area contributed by atoms with Crippen LogP contribution in [-0.4, -0.2) is 43.1 Å². The van der Waals surface area contributed by atoms with Crippen molar-refractivity contribution < 1.29 is 0 Å². The van der Waals surface area contributed by atoms with Gasteiger partial charge in [0.25, 0.3) is 0 Å². The van der Waals surface area contributed by atoms with E-state index in [4.69, 9.17) is 5.73 Å². The molecule has 1 fully saturated rings. The number of rotatable bonds is 3. The van der Waals surface area contributed by atoms with Gasteiger partial charge >= 0.3 is 0 Å². The number of likely N-dealkylation sites (tertiary alicyclic amines) is 1. The Morgan fingerprint density at radius 3 is 2.78 bits per heavy atom. The molecule has 0 aliphatic carbocycles. The molecule has 4 heteroatoms. The van der Waals surface area contributed by atoms with E-state index in [1.54, 1.807) is 6.20 Å². The van der Waals surface area contributed by atoms with Crippen molar-refractivity contribution in [2.75, 3.05) is 32.1 Å². The fraction of sp³-hybridized carbons (Fsp3) is 0.500. The van der Waals surface area contributed by atoms with E-state index < -0.39 is 0 Å². The molecule has 0 aromatic carbocycles. The van der Waals surface area contributed by atoms with Gasteiger partial charge in [-0.25, -0.2) is 4.98 Å². The van der Waals surface area contributed by atoms with Crippen LogP contribution in [0.3, 0.4) is 0 Å². The lowest BCUT2D eigenvalue weighted by Gasteiger charge is -2.35. The Bertz CT molecular complexity index is 422. The molecule has 1 aromatic heterocycles. The summed E-state index contributed by atoms with van der Waals surface area (Å²) in [4.78, 5) is 9.07. The third-order valence-electron chi connectivity index (χ3n) is 3.71. The van der Waals surface area contributed by atoms with Gasteiger partial charge < -0.3 is 15.5 Å². The van der Waals surface area contributed by atoms with Crippen LogP contribution in [0.1, 0.15) is 18.4 Å². The molecule has 1 saturated heterocycles. The third-order valence-corrected chi connectivity index (χ3v) is 3.71. The topological polar surface area (TPSA) is 45.4 Å².